The summed E-state index contributed by atoms with van der Waals surface area (Å²) in [6.45, 7) is 0.632. The van der Waals surface area contributed by atoms with E-state index in [-0.39, 0.29) is 0 Å². The zero-order chi connectivity index (χ0) is 11.1. The van der Waals surface area contributed by atoms with Gasteiger partial charge in [-0.1, -0.05) is 18.2 Å². The minimum atomic E-state index is 0.562. The Labute approximate surface area is 89.5 Å². The van der Waals surface area contributed by atoms with Crippen LogP contribution in [0.2, 0.25) is 0 Å². The molecule has 0 saturated heterocycles. The van der Waals surface area contributed by atoms with E-state index in [9.17, 15) is 4.79 Å². The highest BCUT2D eigenvalue weighted by Crippen LogP contribution is 2.18. The first-order valence-electron chi connectivity index (χ1n) is 4.81. The van der Waals surface area contributed by atoms with Crippen LogP contribution >= 0.6 is 0 Å². The van der Waals surface area contributed by atoms with Gasteiger partial charge in [-0.05, 0) is 30.7 Å². The van der Waals surface area contributed by atoms with Crippen molar-refractivity contribution in [1.82, 2.24) is 0 Å². The number of ether oxygens (including phenoxy) is 1. The van der Waals surface area contributed by atoms with Gasteiger partial charge in [0, 0.05) is 0 Å². The number of carbonyl (C=O) groups excluding carboxylic acids is 1. The van der Waals surface area contributed by atoms with E-state index in [0.717, 1.165) is 18.3 Å². The molecule has 0 fully saturated rings. The maximum atomic E-state index is 10.7. The third kappa shape index (κ3) is 3.22. The largest absolute Gasteiger partial charge is 0.496 e. The van der Waals surface area contributed by atoms with Crippen molar-refractivity contribution in [3.05, 3.63) is 35.4 Å². The van der Waals surface area contributed by atoms with Gasteiger partial charge in [0.25, 0.3) is 0 Å². The van der Waals surface area contributed by atoms with Crippen LogP contribution in [0.4, 0.5) is 0 Å². The first-order chi connectivity index (χ1) is 7.31. The number of benzene rings is 1. The summed E-state index contributed by atoms with van der Waals surface area (Å²) < 4.78 is 5.04. The van der Waals surface area contributed by atoms with Gasteiger partial charge in [0.1, 0.15) is 5.75 Å². The Morgan fingerprint density at radius 1 is 1.47 bits per heavy atom. The van der Waals surface area contributed by atoms with E-state index in [1.165, 1.54) is 0 Å². The molecule has 3 heteroatoms. The van der Waals surface area contributed by atoms with Crippen LogP contribution < -0.4 is 10.5 Å². The van der Waals surface area contributed by atoms with Gasteiger partial charge in [-0.25, -0.2) is 0 Å². The van der Waals surface area contributed by atoms with Crippen molar-refractivity contribution in [1.29, 1.82) is 0 Å². The van der Waals surface area contributed by atoms with Gasteiger partial charge in [0.15, 0.2) is 6.29 Å². The third-order valence-corrected chi connectivity index (χ3v) is 2.02. The fraction of sp³-hybridized carbons (Fsp3) is 0.250. The lowest BCUT2D eigenvalue weighted by Crippen LogP contribution is -1.95. The van der Waals surface area contributed by atoms with Crippen molar-refractivity contribution in [3.8, 4) is 5.75 Å². The van der Waals surface area contributed by atoms with Crippen molar-refractivity contribution in [3.63, 3.8) is 0 Å². The third-order valence-electron chi connectivity index (χ3n) is 2.02. The first kappa shape index (κ1) is 11.5. The summed E-state index contributed by atoms with van der Waals surface area (Å²) in [6.07, 6.45) is 5.55. The average molecular weight is 205 g/mol. The summed E-state index contributed by atoms with van der Waals surface area (Å²) in [5, 5.41) is 0. The summed E-state index contributed by atoms with van der Waals surface area (Å²) in [4.78, 5) is 10.7. The van der Waals surface area contributed by atoms with Crippen molar-refractivity contribution >= 4 is 12.4 Å². The van der Waals surface area contributed by atoms with Crippen molar-refractivity contribution in [2.24, 2.45) is 5.73 Å². The number of hydrogen-bond donors (Lipinski definition) is 1. The molecule has 0 unspecified atom stereocenters. The van der Waals surface area contributed by atoms with Gasteiger partial charge in [-0.3, -0.25) is 4.79 Å². The van der Waals surface area contributed by atoms with Gasteiger partial charge in [0.2, 0.25) is 0 Å². The molecule has 0 radical (unpaired) electrons. The Kier molecular flexibility index (Phi) is 4.57. The molecule has 3 nitrogen and oxygen atoms in total. The molecule has 0 spiro atoms. The second-order valence-electron chi connectivity index (χ2n) is 3.10. The average Bonchev–Trinajstić information content (AvgIpc) is 2.29. The van der Waals surface area contributed by atoms with Crippen LogP contribution in [0.15, 0.2) is 24.3 Å². The molecule has 0 aliphatic heterocycles. The van der Waals surface area contributed by atoms with Gasteiger partial charge < -0.3 is 10.5 Å². The maximum absolute atomic E-state index is 10.7. The second-order valence-corrected chi connectivity index (χ2v) is 3.10. The molecule has 15 heavy (non-hydrogen) atoms. The molecular weight excluding hydrogens is 190 g/mol. The highest BCUT2D eigenvalue weighted by Gasteiger charge is 2.00. The topological polar surface area (TPSA) is 52.3 Å². The van der Waals surface area contributed by atoms with E-state index in [4.69, 9.17) is 10.5 Å². The minimum Gasteiger partial charge on any atom is -0.496 e. The molecule has 1 aromatic carbocycles. The van der Waals surface area contributed by atoms with E-state index in [2.05, 4.69) is 0 Å². The summed E-state index contributed by atoms with van der Waals surface area (Å²) >= 11 is 0. The highest BCUT2D eigenvalue weighted by molar-refractivity contribution is 5.80. The molecule has 1 rings (SSSR count). The fourth-order valence-corrected chi connectivity index (χ4v) is 1.26. The molecule has 2 N–H and O–H groups in total. The Morgan fingerprint density at radius 3 is 2.87 bits per heavy atom. The Hall–Kier alpha value is -1.61. The Bertz CT molecular complexity index is 359. The number of rotatable bonds is 5. The lowest BCUT2D eigenvalue weighted by molar-refractivity contribution is 0.112. The smallest absolute Gasteiger partial charge is 0.153 e. The summed E-state index contributed by atoms with van der Waals surface area (Å²) in [7, 11) is 1.55. The molecule has 0 bridgehead atoms. The molecular formula is C12H15NO2. The molecule has 1 aromatic rings. The molecule has 0 aromatic heterocycles. The highest BCUT2D eigenvalue weighted by atomic mass is 16.5. The maximum Gasteiger partial charge on any atom is 0.153 e. The van der Waals surface area contributed by atoms with E-state index < -0.39 is 0 Å². The molecule has 0 aliphatic carbocycles. The van der Waals surface area contributed by atoms with Gasteiger partial charge in [-0.2, -0.15) is 0 Å². The van der Waals surface area contributed by atoms with Crippen LogP contribution in [0.25, 0.3) is 6.08 Å². The lowest BCUT2D eigenvalue weighted by atomic mass is 10.1. The van der Waals surface area contributed by atoms with Gasteiger partial charge in [0.05, 0.1) is 12.7 Å². The van der Waals surface area contributed by atoms with Crippen molar-refractivity contribution in [2.45, 2.75) is 6.42 Å². The number of nitrogens with two attached hydrogens (primary N) is 1. The zero-order valence-electron chi connectivity index (χ0n) is 8.77. The van der Waals surface area contributed by atoms with E-state index in [1.807, 2.05) is 18.2 Å². The normalized spacial score (nSPS) is 10.5. The molecule has 0 saturated carbocycles. The van der Waals surface area contributed by atoms with Crippen LogP contribution in [0.3, 0.4) is 0 Å². The first-order valence-corrected chi connectivity index (χ1v) is 4.81. The van der Waals surface area contributed by atoms with Crippen LogP contribution in [0.1, 0.15) is 22.3 Å². The predicted octanol–water partition coefficient (Wildman–Crippen LogP) is 1.87. The summed E-state index contributed by atoms with van der Waals surface area (Å²) in [5.74, 6) is 0.598. The van der Waals surface area contributed by atoms with Crippen LogP contribution in [0.5, 0.6) is 5.75 Å². The van der Waals surface area contributed by atoms with Gasteiger partial charge >= 0.3 is 0 Å². The van der Waals surface area contributed by atoms with Crippen LogP contribution in [-0.4, -0.2) is 19.9 Å². The standard InChI is InChI=1S/C12H15NO2/c1-15-12-6-5-10(4-2-3-7-13)8-11(12)9-14/h2,4-6,8-9H,3,7,13H2,1H3. The predicted molar refractivity (Wildman–Crippen MR) is 61.1 cm³/mol. The minimum absolute atomic E-state index is 0.562. The number of aldehydes is 1. The van der Waals surface area contributed by atoms with E-state index in [1.54, 1.807) is 19.2 Å². The molecule has 80 valence electrons. The van der Waals surface area contributed by atoms with E-state index >= 15 is 0 Å². The quantitative estimate of drug-likeness (QED) is 0.746. The SMILES string of the molecule is COc1ccc(C=CCCN)cc1C=O. The lowest BCUT2D eigenvalue weighted by Gasteiger charge is -2.03. The zero-order valence-corrected chi connectivity index (χ0v) is 8.77. The van der Waals surface area contributed by atoms with Crippen LogP contribution in [0, 0.1) is 0 Å². The van der Waals surface area contributed by atoms with Crippen molar-refractivity contribution < 1.29 is 9.53 Å². The number of carbonyl (C=O) groups is 1. The fourth-order valence-electron chi connectivity index (χ4n) is 1.26. The second kappa shape index (κ2) is 5.98. The Morgan fingerprint density at radius 2 is 2.27 bits per heavy atom. The Balaban J connectivity index is 2.88. The number of hydrogen-bond acceptors (Lipinski definition) is 3. The van der Waals surface area contributed by atoms with E-state index in [0.29, 0.717) is 17.9 Å². The molecule has 0 aliphatic rings. The monoisotopic (exact) mass is 205 g/mol. The molecule has 0 heterocycles. The van der Waals surface area contributed by atoms with Gasteiger partial charge in [-0.15, -0.1) is 0 Å². The number of methoxy groups -OCH3 is 1. The molecule has 0 atom stereocenters. The van der Waals surface area contributed by atoms with Crippen LogP contribution in [-0.2, 0) is 0 Å². The van der Waals surface area contributed by atoms with Crippen molar-refractivity contribution in [2.75, 3.05) is 13.7 Å². The summed E-state index contributed by atoms with van der Waals surface area (Å²) in [6, 6.07) is 5.48. The molecule has 0 amide bonds. The summed E-state index contributed by atoms with van der Waals surface area (Å²) in [5.41, 5.74) is 6.91.